The van der Waals surface area contributed by atoms with Crippen LogP contribution in [0.25, 0.3) is 0 Å². The molecule has 1 aliphatic rings. The highest BCUT2D eigenvalue weighted by molar-refractivity contribution is 7.89. The van der Waals surface area contributed by atoms with E-state index in [2.05, 4.69) is 5.32 Å². The summed E-state index contributed by atoms with van der Waals surface area (Å²) in [5.41, 5.74) is 1.95. The number of sulfonamides is 1. The Kier molecular flexibility index (Phi) is 8.93. The number of carbonyl (C=O) groups excluding carboxylic acids is 1. The number of hydrogen-bond acceptors (Lipinski definition) is 4. The van der Waals surface area contributed by atoms with Crippen LogP contribution in [0.15, 0.2) is 53.4 Å². The molecule has 180 valence electrons. The van der Waals surface area contributed by atoms with Crippen LogP contribution in [0.1, 0.15) is 44.2 Å². The Morgan fingerprint density at radius 3 is 2.21 bits per heavy atom. The average Bonchev–Trinajstić information content (AvgIpc) is 2.83. The molecule has 33 heavy (non-hydrogen) atoms. The first-order valence-electron chi connectivity index (χ1n) is 11.5. The van der Waals surface area contributed by atoms with Crippen molar-refractivity contribution in [2.45, 2.75) is 49.8 Å². The van der Waals surface area contributed by atoms with Crippen molar-refractivity contribution in [2.75, 3.05) is 32.8 Å². The van der Waals surface area contributed by atoms with Gasteiger partial charge in [0.2, 0.25) is 15.9 Å². The molecule has 3 rings (SSSR count). The monoisotopic (exact) mass is 492 g/mol. The number of aryl methyl sites for hydroxylation is 1. The number of halogens is 1. The van der Waals surface area contributed by atoms with Crippen molar-refractivity contribution in [1.29, 1.82) is 0 Å². The molecule has 0 saturated carbocycles. The summed E-state index contributed by atoms with van der Waals surface area (Å²) in [6, 6.07) is 14.7. The maximum absolute atomic E-state index is 12.6. The first-order chi connectivity index (χ1) is 15.8. The SMILES string of the molecule is CCN(CC)S(=O)(=O)c1ccc(CCC(=O)NCC2(c3ccc(Cl)cc3)CCOCC2)cc1. The van der Waals surface area contributed by atoms with Gasteiger partial charge in [0.15, 0.2) is 0 Å². The molecule has 1 aliphatic heterocycles. The molecule has 0 atom stereocenters. The highest BCUT2D eigenvalue weighted by Crippen LogP contribution is 2.35. The number of ether oxygens (including phenoxy) is 1. The van der Waals surface area contributed by atoms with Crippen LogP contribution in [0, 0.1) is 0 Å². The van der Waals surface area contributed by atoms with Gasteiger partial charge in [-0.2, -0.15) is 4.31 Å². The molecule has 0 radical (unpaired) electrons. The number of nitrogens with zero attached hydrogens (tertiary/aromatic N) is 1. The summed E-state index contributed by atoms with van der Waals surface area (Å²) in [6.45, 7) is 6.41. The molecule has 8 heteroatoms. The molecule has 0 unspecified atom stereocenters. The topological polar surface area (TPSA) is 75.7 Å². The minimum Gasteiger partial charge on any atom is -0.381 e. The third-order valence-corrected chi connectivity index (χ3v) is 8.75. The van der Waals surface area contributed by atoms with Gasteiger partial charge in [-0.25, -0.2) is 8.42 Å². The van der Waals surface area contributed by atoms with Crippen LogP contribution >= 0.6 is 11.6 Å². The van der Waals surface area contributed by atoms with Gasteiger partial charge >= 0.3 is 0 Å². The Morgan fingerprint density at radius 2 is 1.64 bits per heavy atom. The normalized spacial score (nSPS) is 16.0. The predicted octanol–water partition coefficient (Wildman–Crippen LogP) is 4.17. The first kappa shape index (κ1) is 25.7. The number of rotatable bonds is 10. The summed E-state index contributed by atoms with van der Waals surface area (Å²) in [5.74, 6) is -0.0188. The largest absolute Gasteiger partial charge is 0.381 e. The lowest BCUT2D eigenvalue weighted by atomic mass is 9.74. The summed E-state index contributed by atoms with van der Waals surface area (Å²) in [6.07, 6.45) is 2.58. The second-order valence-electron chi connectivity index (χ2n) is 8.41. The molecule has 1 heterocycles. The van der Waals surface area contributed by atoms with E-state index in [0.717, 1.165) is 18.4 Å². The van der Waals surface area contributed by atoms with E-state index in [-0.39, 0.29) is 16.2 Å². The lowest BCUT2D eigenvalue weighted by molar-refractivity contribution is -0.121. The molecule has 2 aromatic rings. The zero-order valence-corrected chi connectivity index (χ0v) is 20.9. The Balaban J connectivity index is 1.58. The molecule has 1 saturated heterocycles. The zero-order chi connectivity index (χ0) is 23.9. The first-order valence-corrected chi connectivity index (χ1v) is 13.3. The minimum atomic E-state index is -3.47. The van der Waals surface area contributed by atoms with Crippen LogP contribution in [0.2, 0.25) is 5.02 Å². The van der Waals surface area contributed by atoms with Gasteiger partial charge in [-0.15, -0.1) is 0 Å². The molecular weight excluding hydrogens is 460 g/mol. The van der Waals surface area contributed by atoms with Crippen LogP contribution in [0.5, 0.6) is 0 Å². The third-order valence-electron chi connectivity index (χ3n) is 6.44. The molecule has 0 aromatic heterocycles. The number of nitrogens with one attached hydrogen (secondary N) is 1. The lowest BCUT2D eigenvalue weighted by Crippen LogP contribution is -2.44. The smallest absolute Gasteiger partial charge is 0.243 e. The number of hydrogen-bond donors (Lipinski definition) is 1. The van der Waals surface area contributed by atoms with E-state index >= 15 is 0 Å². The fourth-order valence-electron chi connectivity index (χ4n) is 4.29. The van der Waals surface area contributed by atoms with Gasteiger partial charge in [0.25, 0.3) is 0 Å². The molecule has 6 nitrogen and oxygen atoms in total. The van der Waals surface area contributed by atoms with Crippen LogP contribution in [0.3, 0.4) is 0 Å². The fraction of sp³-hybridized carbons (Fsp3) is 0.480. The van der Waals surface area contributed by atoms with Crippen molar-refractivity contribution >= 4 is 27.5 Å². The van der Waals surface area contributed by atoms with Crippen molar-refractivity contribution in [1.82, 2.24) is 9.62 Å². The van der Waals surface area contributed by atoms with E-state index in [1.165, 1.54) is 9.87 Å². The van der Waals surface area contributed by atoms with Crippen LogP contribution in [-0.4, -0.2) is 51.5 Å². The van der Waals surface area contributed by atoms with E-state index in [4.69, 9.17) is 16.3 Å². The molecule has 0 aliphatic carbocycles. The second kappa shape index (κ2) is 11.5. The van der Waals surface area contributed by atoms with Gasteiger partial charge in [-0.1, -0.05) is 49.7 Å². The highest BCUT2D eigenvalue weighted by atomic mass is 35.5. The van der Waals surface area contributed by atoms with E-state index < -0.39 is 10.0 Å². The van der Waals surface area contributed by atoms with Crippen LogP contribution < -0.4 is 5.32 Å². The number of amides is 1. The molecule has 1 amide bonds. The van der Waals surface area contributed by atoms with Gasteiger partial charge in [0, 0.05) is 49.7 Å². The van der Waals surface area contributed by atoms with E-state index in [1.807, 2.05) is 38.1 Å². The lowest BCUT2D eigenvalue weighted by Gasteiger charge is -2.38. The Labute approximate surface area is 202 Å². The van der Waals surface area contributed by atoms with Gasteiger partial charge in [-0.3, -0.25) is 4.79 Å². The van der Waals surface area contributed by atoms with E-state index in [9.17, 15) is 13.2 Å². The maximum atomic E-state index is 12.6. The van der Waals surface area contributed by atoms with Crippen molar-refractivity contribution < 1.29 is 17.9 Å². The molecule has 1 N–H and O–H groups in total. The van der Waals surface area contributed by atoms with Crippen LogP contribution in [-0.2, 0) is 31.4 Å². The van der Waals surface area contributed by atoms with Crippen molar-refractivity contribution in [3.05, 3.63) is 64.7 Å². The summed E-state index contributed by atoms with van der Waals surface area (Å²) >= 11 is 6.06. The summed E-state index contributed by atoms with van der Waals surface area (Å²) in [4.78, 5) is 12.9. The van der Waals surface area contributed by atoms with E-state index in [0.29, 0.717) is 50.7 Å². The Morgan fingerprint density at radius 1 is 1.03 bits per heavy atom. The van der Waals surface area contributed by atoms with Crippen molar-refractivity contribution in [3.8, 4) is 0 Å². The average molecular weight is 493 g/mol. The maximum Gasteiger partial charge on any atom is 0.243 e. The Hall–Kier alpha value is -1.93. The fourth-order valence-corrected chi connectivity index (χ4v) is 5.87. The highest BCUT2D eigenvalue weighted by Gasteiger charge is 2.34. The summed E-state index contributed by atoms with van der Waals surface area (Å²) < 4.78 is 32.2. The van der Waals surface area contributed by atoms with E-state index in [1.54, 1.807) is 24.3 Å². The molecular formula is C25H33ClN2O4S. The van der Waals surface area contributed by atoms with Gasteiger partial charge in [-0.05, 0) is 54.7 Å². The zero-order valence-electron chi connectivity index (χ0n) is 19.3. The second-order valence-corrected chi connectivity index (χ2v) is 10.8. The van der Waals surface area contributed by atoms with Gasteiger partial charge < -0.3 is 10.1 Å². The molecule has 0 bridgehead atoms. The molecule has 0 spiro atoms. The Bertz CT molecular complexity index is 1010. The quantitative estimate of drug-likeness (QED) is 0.540. The summed E-state index contributed by atoms with van der Waals surface area (Å²) in [7, 11) is -3.47. The number of benzene rings is 2. The standard InChI is InChI=1S/C25H33ClN2O4S/c1-3-28(4-2)33(30,31)23-12-5-20(6-13-23)7-14-24(29)27-19-25(15-17-32-18-16-25)21-8-10-22(26)11-9-21/h5-6,8-13H,3-4,7,14-19H2,1-2H3,(H,27,29). The predicted molar refractivity (Wildman–Crippen MR) is 131 cm³/mol. The third kappa shape index (κ3) is 6.35. The molecule has 1 fully saturated rings. The van der Waals surface area contributed by atoms with Crippen molar-refractivity contribution in [3.63, 3.8) is 0 Å². The minimum absolute atomic E-state index is 0.0188. The molecule has 2 aromatic carbocycles. The number of carbonyl (C=O) groups is 1. The van der Waals surface area contributed by atoms with Gasteiger partial charge in [0.1, 0.15) is 0 Å². The van der Waals surface area contributed by atoms with Crippen molar-refractivity contribution in [2.24, 2.45) is 0 Å². The van der Waals surface area contributed by atoms with Gasteiger partial charge in [0.05, 0.1) is 4.90 Å². The van der Waals surface area contributed by atoms with Crippen LogP contribution in [0.4, 0.5) is 0 Å². The summed E-state index contributed by atoms with van der Waals surface area (Å²) in [5, 5.41) is 3.81.